The molecule has 1 aromatic rings. The summed E-state index contributed by atoms with van der Waals surface area (Å²) in [4.78, 5) is 15.2. The summed E-state index contributed by atoms with van der Waals surface area (Å²) in [5.74, 6) is 1.79. The van der Waals surface area contributed by atoms with Crippen molar-refractivity contribution < 1.29 is 24.1 Å². The predicted octanol–water partition coefficient (Wildman–Crippen LogP) is 4.20. The van der Waals surface area contributed by atoms with E-state index in [1.54, 1.807) is 21.1 Å². The molecule has 6 atom stereocenters. The number of rotatable bonds is 8. The fourth-order valence-corrected chi connectivity index (χ4v) is 6.56. The third kappa shape index (κ3) is 4.92. The lowest BCUT2D eigenvalue weighted by atomic mass is 9.55. The number of esters is 1. The van der Waals surface area contributed by atoms with Gasteiger partial charge in [0.15, 0.2) is 11.5 Å². The highest BCUT2D eigenvalue weighted by Gasteiger charge is 2.55. The second kappa shape index (κ2) is 9.67. The first-order chi connectivity index (χ1) is 15.7. The van der Waals surface area contributed by atoms with E-state index in [2.05, 4.69) is 18.4 Å². The molecular formula is C27H39NO5. The largest absolute Gasteiger partial charge is 0.493 e. The van der Waals surface area contributed by atoms with E-state index < -0.39 is 6.10 Å². The molecule has 1 saturated heterocycles. The fourth-order valence-electron chi connectivity index (χ4n) is 6.56. The molecule has 2 aliphatic carbocycles. The van der Waals surface area contributed by atoms with Crippen molar-refractivity contribution in [2.75, 3.05) is 27.3 Å². The highest BCUT2D eigenvalue weighted by molar-refractivity contribution is 5.75. The molecule has 1 heterocycles. The van der Waals surface area contributed by atoms with Crippen molar-refractivity contribution in [3.8, 4) is 11.5 Å². The van der Waals surface area contributed by atoms with Crippen molar-refractivity contribution in [1.29, 1.82) is 0 Å². The first-order valence-electron chi connectivity index (χ1n) is 12.2. The van der Waals surface area contributed by atoms with Crippen LogP contribution in [0, 0.1) is 23.2 Å². The molecule has 2 saturated carbocycles. The van der Waals surface area contributed by atoms with Crippen LogP contribution in [0.4, 0.5) is 0 Å². The normalized spacial score (nSPS) is 32.2. The van der Waals surface area contributed by atoms with Gasteiger partial charge in [-0.2, -0.15) is 0 Å². The number of carbonyl (C=O) groups is 1. The maximum absolute atomic E-state index is 13.0. The Morgan fingerprint density at radius 1 is 1.30 bits per heavy atom. The van der Waals surface area contributed by atoms with Crippen LogP contribution in [0.15, 0.2) is 30.4 Å². The van der Waals surface area contributed by atoms with Gasteiger partial charge in [-0.25, -0.2) is 0 Å². The second-order valence-electron chi connectivity index (χ2n) is 10.6. The van der Waals surface area contributed by atoms with E-state index in [4.69, 9.17) is 14.2 Å². The number of fused-ring (bicyclic) bond motifs is 2. The number of nitrogens with zero attached hydrogens (tertiary/aromatic N) is 1. The molecule has 3 aliphatic rings. The summed E-state index contributed by atoms with van der Waals surface area (Å²) in [6, 6.07) is 5.86. The summed E-state index contributed by atoms with van der Waals surface area (Å²) < 4.78 is 16.8. The number of hydrogen-bond acceptors (Lipinski definition) is 6. The van der Waals surface area contributed by atoms with Gasteiger partial charge in [-0.3, -0.25) is 9.69 Å². The molecule has 0 bridgehead atoms. The number of allylic oxidation sites excluding steroid dienone is 1. The van der Waals surface area contributed by atoms with Crippen molar-refractivity contribution >= 4 is 5.97 Å². The molecule has 3 unspecified atom stereocenters. The number of carbonyl (C=O) groups excluding carboxylic acids is 1. The SMILES string of the molecule is C=C1CCC[C@]2(C)C[C@H]3OC(=O)C(CN(Cc4ccc(OC)c(OC)c4)CC(C)O)[C@H]3CC12. The van der Waals surface area contributed by atoms with E-state index in [1.165, 1.54) is 18.4 Å². The summed E-state index contributed by atoms with van der Waals surface area (Å²) in [6.07, 6.45) is 4.91. The molecule has 1 aliphatic heterocycles. The van der Waals surface area contributed by atoms with Crippen LogP contribution >= 0.6 is 0 Å². The Balaban J connectivity index is 1.51. The average molecular weight is 458 g/mol. The van der Waals surface area contributed by atoms with Crippen LogP contribution in [0.25, 0.3) is 0 Å². The zero-order valence-corrected chi connectivity index (χ0v) is 20.5. The molecule has 182 valence electrons. The first kappa shape index (κ1) is 24.1. The predicted molar refractivity (Wildman–Crippen MR) is 127 cm³/mol. The third-order valence-corrected chi connectivity index (χ3v) is 8.15. The zero-order valence-electron chi connectivity index (χ0n) is 20.5. The lowest BCUT2D eigenvalue weighted by Crippen LogP contribution is -2.46. The Labute approximate surface area is 197 Å². The molecule has 4 rings (SSSR count). The topological polar surface area (TPSA) is 68.2 Å². The lowest BCUT2D eigenvalue weighted by Gasteiger charge is -2.50. The van der Waals surface area contributed by atoms with Crippen LogP contribution < -0.4 is 9.47 Å². The maximum Gasteiger partial charge on any atom is 0.310 e. The van der Waals surface area contributed by atoms with Crippen LogP contribution in [0.5, 0.6) is 11.5 Å². The van der Waals surface area contributed by atoms with Gasteiger partial charge in [-0.15, -0.1) is 0 Å². The van der Waals surface area contributed by atoms with Crippen LogP contribution in [0.1, 0.15) is 51.5 Å². The molecular weight excluding hydrogens is 418 g/mol. The average Bonchev–Trinajstić information content (AvgIpc) is 3.05. The van der Waals surface area contributed by atoms with E-state index in [1.807, 2.05) is 18.2 Å². The Hall–Kier alpha value is -2.05. The van der Waals surface area contributed by atoms with E-state index >= 15 is 0 Å². The van der Waals surface area contributed by atoms with Crippen LogP contribution in [0.3, 0.4) is 0 Å². The summed E-state index contributed by atoms with van der Waals surface area (Å²) in [5.41, 5.74) is 2.60. The van der Waals surface area contributed by atoms with Gasteiger partial charge in [0.25, 0.3) is 0 Å². The van der Waals surface area contributed by atoms with Crippen LogP contribution in [0.2, 0.25) is 0 Å². The Kier molecular flexibility index (Phi) is 7.06. The smallest absolute Gasteiger partial charge is 0.310 e. The molecule has 0 radical (unpaired) electrons. The van der Waals surface area contributed by atoms with Gasteiger partial charge in [0, 0.05) is 25.6 Å². The zero-order chi connectivity index (χ0) is 23.8. The van der Waals surface area contributed by atoms with Gasteiger partial charge < -0.3 is 19.3 Å². The minimum absolute atomic E-state index is 0.00382. The maximum atomic E-state index is 13.0. The standard InChI is InChI=1S/C27H39NO5/c1-17-7-6-10-27(3)13-25-20(12-22(17)27)21(26(30)33-25)16-28(14-18(2)29)15-19-8-9-23(31-4)24(11-19)32-5/h8-9,11,18,20-22,25,29H,1,6-7,10,12-16H2,2-5H3/t18?,20-,21?,22?,25-,27-/m1/s1. The number of benzene rings is 1. The first-order valence-corrected chi connectivity index (χ1v) is 12.2. The molecule has 1 aromatic carbocycles. The van der Waals surface area contributed by atoms with Gasteiger partial charge in [0.2, 0.25) is 0 Å². The fraction of sp³-hybridized carbons (Fsp3) is 0.667. The lowest BCUT2D eigenvalue weighted by molar-refractivity contribution is -0.146. The molecule has 0 amide bonds. The summed E-state index contributed by atoms with van der Waals surface area (Å²) in [5, 5.41) is 10.2. The summed E-state index contributed by atoms with van der Waals surface area (Å²) >= 11 is 0. The van der Waals surface area contributed by atoms with Crippen molar-refractivity contribution in [2.45, 2.75) is 64.7 Å². The van der Waals surface area contributed by atoms with Gasteiger partial charge in [0.1, 0.15) is 6.10 Å². The molecule has 6 heteroatoms. The minimum Gasteiger partial charge on any atom is -0.493 e. The summed E-state index contributed by atoms with van der Waals surface area (Å²) in [6.45, 7) is 10.2. The van der Waals surface area contributed by atoms with Crippen molar-refractivity contribution in [3.63, 3.8) is 0 Å². The van der Waals surface area contributed by atoms with Gasteiger partial charge in [0.05, 0.1) is 26.2 Å². The molecule has 1 N–H and O–H groups in total. The molecule has 3 fully saturated rings. The third-order valence-electron chi connectivity index (χ3n) is 8.15. The Bertz CT molecular complexity index is 883. The Morgan fingerprint density at radius 2 is 2.06 bits per heavy atom. The van der Waals surface area contributed by atoms with Crippen molar-refractivity contribution in [2.24, 2.45) is 23.2 Å². The number of aliphatic hydroxyl groups is 1. The highest BCUT2D eigenvalue weighted by atomic mass is 16.6. The summed E-state index contributed by atoms with van der Waals surface area (Å²) in [7, 11) is 3.25. The van der Waals surface area contributed by atoms with E-state index in [9.17, 15) is 9.90 Å². The van der Waals surface area contributed by atoms with Crippen molar-refractivity contribution in [3.05, 3.63) is 35.9 Å². The highest BCUT2D eigenvalue weighted by Crippen LogP contribution is 2.57. The van der Waals surface area contributed by atoms with Gasteiger partial charge in [-0.05, 0) is 68.1 Å². The van der Waals surface area contributed by atoms with E-state index in [0.717, 1.165) is 24.8 Å². The van der Waals surface area contributed by atoms with E-state index in [0.29, 0.717) is 37.1 Å². The second-order valence-corrected chi connectivity index (χ2v) is 10.6. The molecule has 33 heavy (non-hydrogen) atoms. The van der Waals surface area contributed by atoms with Gasteiger partial charge in [-0.1, -0.05) is 25.1 Å². The van der Waals surface area contributed by atoms with Crippen molar-refractivity contribution in [1.82, 2.24) is 4.90 Å². The number of hydrogen-bond donors (Lipinski definition) is 1. The molecule has 6 nitrogen and oxygen atoms in total. The number of ether oxygens (including phenoxy) is 3. The molecule has 0 spiro atoms. The van der Waals surface area contributed by atoms with E-state index in [-0.39, 0.29) is 29.3 Å². The van der Waals surface area contributed by atoms with Crippen LogP contribution in [-0.2, 0) is 16.1 Å². The quantitative estimate of drug-likeness (QED) is 0.466. The van der Waals surface area contributed by atoms with Gasteiger partial charge >= 0.3 is 5.97 Å². The number of methoxy groups -OCH3 is 2. The number of aliphatic hydroxyl groups excluding tert-OH is 1. The monoisotopic (exact) mass is 457 g/mol. The Morgan fingerprint density at radius 3 is 2.76 bits per heavy atom. The molecule has 0 aromatic heterocycles. The van der Waals surface area contributed by atoms with Crippen LogP contribution in [-0.4, -0.2) is 55.5 Å². The minimum atomic E-state index is -0.494.